The molecule has 0 N–H and O–H groups in total. The fourth-order valence-electron chi connectivity index (χ4n) is 3.96. The molecular weight excluding hydrogens is 240 g/mol. The standard InChI is InChI=1S/C15H18N2O2/c1-15-12-7-8-13(16(15)9-10-19-15)17(14(12)18)11-5-3-2-4-6-11/h2-6,12-13H,7-10H2,1H3/t12-,13-,15+/m1/s1. The highest BCUT2D eigenvalue weighted by atomic mass is 16.5. The fourth-order valence-corrected chi connectivity index (χ4v) is 3.96. The summed E-state index contributed by atoms with van der Waals surface area (Å²) in [6, 6.07) is 10.0. The van der Waals surface area contributed by atoms with E-state index in [9.17, 15) is 4.79 Å². The van der Waals surface area contributed by atoms with Crippen LogP contribution in [-0.2, 0) is 9.53 Å². The molecule has 3 atom stereocenters. The van der Waals surface area contributed by atoms with Gasteiger partial charge in [-0.1, -0.05) is 18.2 Å². The van der Waals surface area contributed by atoms with Crippen LogP contribution >= 0.6 is 0 Å². The van der Waals surface area contributed by atoms with Crippen molar-refractivity contribution in [2.24, 2.45) is 5.92 Å². The van der Waals surface area contributed by atoms with E-state index < -0.39 is 0 Å². The molecule has 5 rings (SSSR count). The summed E-state index contributed by atoms with van der Waals surface area (Å²) < 4.78 is 5.91. The number of anilines is 1. The molecule has 1 aromatic rings. The van der Waals surface area contributed by atoms with Gasteiger partial charge in [0.1, 0.15) is 5.72 Å². The first kappa shape index (κ1) is 11.4. The highest BCUT2D eigenvalue weighted by Gasteiger charge is 2.60. The Morgan fingerprint density at radius 3 is 2.84 bits per heavy atom. The van der Waals surface area contributed by atoms with E-state index in [1.807, 2.05) is 35.2 Å². The summed E-state index contributed by atoms with van der Waals surface area (Å²) in [4.78, 5) is 17.1. The summed E-state index contributed by atoms with van der Waals surface area (Å²) in [6.45, 7) is 3.74. The molecule has 0 aromatic heterocycles. The highest BCUT2D eigenvalue weighted by molar-refractivity contribution is 5.98. The molecule has 4 saturated heterocycles. The molecule has 0 radical (unpaired) electrons. The maximum Gasteiger partial charge on any atom is 0.235 e. The van der Waals surface area contributed by atoms with Gasteiger partial charge >= 0.3 is 0 Å². The van der Waals surface area contributed by atoms with Crippen molar-refractivity contribution in [1.29, 1.82) is 0 Å². The summed E-state index contributed by atoms with van der Waals surface area (Å²) >= 11 is 0. The summed E-state index contributed by atoms with van der Waals surface area (Å²) in [6.07, 6.45) is 2.15. The van der Waals surface area contributed by atoms with Gasteiger partial charge in [-0.25, -0.2) is 0 Å². The third kappa shape index (κ3) is 1.38. The second kappa shape index (κ2) is 3.81. The van der Waals surface area contributed by atoms with Crippen molar-refractivity contribution in [2.45, 2.75) is 31.7 Å². The van der Waals surface area contributed by atoms with E-state index in [0.717, 1.165) is 31.7 Å². The van der Waals surface area contributed by atoms with E-state index in [1.165, 1.54) is 0 Å². The maximum atomic E-state index is 12.8. The SMILES string of the molecule is C[C@@]12OCCN1[C@H]1CC[C@@H]2C(=O)N1c1ccccc1. The van der Waals surface area contributed by atoms with Gasteiger partial charge in [0.2, 0.25) is 5.91 Å². The average molecular weight is 258 g/mol. The number of carbonyl (C=O) groups is 1. The molecule has 4 heteroatoms. The van der Waals surface area contributed by atoms with Crippen molar-refractivity contribution in [3.05, 3.63) is 30.3 Å². The summed E-state index contributed by atoms with van der Waals surface area (Å²) in [5.74, 6) is 0.198. The van der Waals surface area contributed by atoms with E-state index in [-0.39, 0.29) is 23.7 Å². The molecule has 1 amide bonds. The monoisotopic (exact) mass is 258 g/mol. The molecule has 0 spiro atoms. The van der Waals surface area contributed by atoms with Gasteiger partial charge in [-0.15, -0.1) is 0 Å². The molecule has 0 saturated carbocycles. The number of hydrogen-bond donors (Lipinski definition) is 0. The molecule has 4 aliphatic rings. The molecule has 4 nitrogen and oxygen atoms in total. The quantitative estimate of drug-likeness (QED) is 0.770. The number of hydrogen-bond acceptors (Lipinski definition) is 3. The van der Waals surface area contributed by atoms with Gasteiger partial charge in [-0.05, 0) is 31.9 Å². The van der Waals surface area contributed by atoms with Gasteiger partial charge < -0.3 is 4.74 Å². The number of benzene rings is 1. The van der Waals surface area contributed by atoms with Crippen LogP contribution in [0.4, 0.5) is 5.69 Å². The smallest absolute Gasteiger partial charge is 0.235 e. The van der Waals surface area contributed by atoms with Crippen molar-refractivity contribution < 1.29 is 9.53 Å². The number of carbonyl (C=O) groups excluding carboxylic acids is 1. The van der Waals surface area contributed by atoms with E-state index in [2.05, 4.69) is 11.8 Å². The molecule has 1 aromatic carbocycles. The Morgan fingerprint density at radius 2 is 2.05 bits per heavy atom. The van der Waals surface area contributed by atoms with Crippen LogP contribution in [0.5, 0.6) is 0 Å². The lowest BCUT2D eigenvalue weighted by atomic mass is 9.79. The number of fused-ring (bicyclic) bond motifs is 2. The van der Waals surface area contributed by atoms with Gasteiger partial charge in [0.25, 0.3) is 0 Å². The van der Waals surface area contributed by atoms with Crippen LogP contribution in [0.1, 0.15) is 19.8 Å². The number of amides is 1. The van der Waals surface area contributed by atoms with Gasteiger partial charge in [-0.3, -0.25) is 14.6 Å². The number of rotatable bonds is 1. The van der Waals surface area contributed by atoms with Crippen molar-refractivity contribution in [2.75, 3.05) is 18.1 Å². The third-order valence-corrected chi connectivity index (χ3v) is 4.88. The fraction of sp³-hybridized carbons (Fsp3) is 0.533. The van der Waals surface area contributed by atoms with Crippen molar-refractivity contribution >= 4 is 11.6 Å². The lowest BCUT2D eigenvalue weighted by molar-refractivity contribution is -0.183. The van der Waals surface area contributed by atoms with Crippen LogP contribution in [0.3, 0.4) is 0 Å². The number of para-hydroxylation sites is 1. The summed E-state index contributed by atoms with van der Waals surface area (Å²) in [5, 5.41) is 0. The van der Waals surface area contributed by atoms with Crippen LogP contribution in [0, 0.1) is 5.92 Å². The lowest BCUT2D eigenvalue weighted by Crippen LogP contribution is -2.72. The van der Waals surface area contributed by atoms with Gasteiger partial charge in [0.05, 0.1) is 18.7 Å². The van der Waals surface area contributed by atoms with Crippen LogP contribution in [0.15, 0.2) is 30.3 Å². The number of nitrogens with zero attached hydrogens (tertiary/aromatic N) is 2. The van der Waals surface area contributed by atoms with Crippen molar-refractivity contribution in [3.63, 3.8) is 0 Å². The molecule has 19 heavy (non-hydrogen) atoms. The summed E-state index contributed by atoms with van der Waals surface area (Å²) in [5.41, 5.74) is 0.641. The van der Waals surface area contributed by atoms with Gasteiger partial charge in [0.15, 0.2) is 0 Å². The zero-order valence-corrected chi connectivity index (χ0v) is 11.1. The first-order chi connectivity index (χ1) is 9.22. The van der Waals surface area contributed by atoms with E-state index in [0.29, 0.717) is 0 Å². The highest BCUT2D eigenvalue weighted by Crippen LogP contribution is 2.48. The minimum Gasteiger partial charge on any atom is -0.358 e. The first-order valence-electron chi connectivity index (χ1n) is 7.00. The number of ether oxygens (including phenoxy) is 1. The second-order valence-corrected chi connectivity index (χ2v) is 5.75. The van der Waals surface area contributed by atoms with Crippen LogP contribution < -0.4 is 4.90 Å². The molecule has 4 fully saturated rings. The Morgan fingerprint density at radius 1 is 1.26 bits per heavy atom. The molecule has 100 valence electrons. The van der Waals surface area contributed by atoms with Crippen LogP contribution in [0.25, 0.3) is 0 Å². The predicted octanol–water partition coefficient (Wildman–Crippen LogP) is 1.82. The molecule has 2 bridgehead atoms. The van der Waals surface area contributed by atoms with Crippen LogP contribution in [0.2, 0.25) is 0 Å². The zero-order chi connectivity index (χ0) is 13.0. The topological polar surface area (TPSA) is 32.8 Å². The van der Waals surface area contributed by atoms with Gasteiger partial charge in [-0.2, -0.15) is 0 Å². The zero-order valence-electron chi connectivity index (χ0n) is 11.1. The third-order valence-electron chi connectivity index (χ3n) is 4.88. The Kier molecular flexibility index (Phi) is 2.29. The molecule has 0 unspecified atom stereocenters. The van der Waals surface area contributed by atoms with E-state index in [4.69, 9.17) is 4.74 Å². The lowest BCUT2D eigenvalue weighted by Gasteiger charge is -2.57. The minimum atomic E-state index is -0.370. The minimum absolute atomic E-state index is 0.0276. The average Bonchev–Trinajstić information content (AvgIpc) is 2.84. The Balaban J connectivity index is 1.78. The first-order valence-corrected chi connectivity index (χ1v) is 7.00. The normalized spacial score (nSPS) is 37.7. The largest absolute Gasteiger partial charge is 0.358 e. The Labute approximate surface area is 112 Å². The van der Waals surface area contributed by atoms with Gasteiger partial charge in [0, 0.05) is 12.2 Å². The van der Waals surface area contributed by atoms with E-state index in [1.54, 1.807) is 0 Å². The molecule has 4 heterocycles. The van der Waals surface area contributed by atoms with Crippen LogP contribution in [-0.4, -0.2) is 35.8 Å². The van der Waals surface area contributed by atoms with E-state index >= 15 is 0 Å². The predicted molar refractivity (Wildman–Crippen MR) is 71.5 cm³/mol. The maximum absolute atomic E-state index is 12.8. The molecule has 4 aliphatic heterocycles. The summed E-state index contributed by atoms with van der Waals surface area (Å²) in [7, 11) is 0. The van der Waals surface area contributed by atoms with Crippen molar-refractivity contribution in [1.82, 2.24) is 4.90 Å². The molecule has 0 aliphatic carbocycles. The van der Waals surface area contributed by atoms with Crippen molar-refractivity contribution in [3.8, 4) is 0 Å². The molecular formula is C15H18N2O2. The number of piperidine rings is 2. The Hall–Kier alpha value is -1.39. The Bertz CT molecular complexity index is 518. The second-order valence-electron chi connectivity index (χ2n) is 5.75.